The van der Waals surface area contributed by atoms with Crippen LogP contribution in [-0.2, 0) is 0 Å². The molecule has 2 nitrogen and oxygen atoms in total. The molecule has 0 aromatic carbocycles. The fourth-order valence-corrected chi connectivity index (χ4v) is 1.91. The highest BCUT2D eigenvalue weighted by Crippen LogP contribution is 2.27. The number of hydrogen-bond acceptors (Lipinski definition) is 1. The molecule has 0 aliphatic carbocycles. The second-order valence-corrected chi connectivity index (χ2v) is 3.32. The number of rotatable bonds is 1. The van der Waals surface area contributed by atoms with Crippen LogP contribution in [0.5, 0.6) is 0 Å². The number of carbonyl (C=O) groups excluding carboxylic acids is 1. The van der Waals surface area contributed by atoms with Crippen molar-refractivity contribution in [3.63, 3.8) is 0 Å². The molecule has 0 spiro atoms. The van der Waals surface area contributed by atoms with E-state index in [0.29, 0.717) is 11.8 Å². The van der Waals surface area contributed by atoms with E-state index in [2.05, 4.69) is 11.5 Å². The van der Waals surface area contributed by atoms with Crippen molar-refractivity contribution in [1.29, 1.82) is 0 Å². The van der Waals surface area contributed by atoms with Gasteiger partial charge in [-0.1, -0.05) is 6.92 Å². The molecule has 2 heterocycles. The van der Waals surface area contributed by atoms with Crippen molar-refractivity contribution in [2.45, 2.75) is 32.2 Å². The maximum absolute atomic E-state index is 11.4. The average molecular weight is 163 g/mol. The van der Waals surface area contributed by atoms with E-state index in [9.17, 15) is 4.79 Å². The van der Waals surface area contributed by atoms with E-state index in [-0.39, 0.29) is 0 Å². The molecule has 1 aromatic heterocycles. The van der Waals surface area contributed by atoms with Gasteiger partial charge in [-0.3, -0.25) is 4.79 Å². The minimum atomic E-state index is 0.296. The Morgan fingerprint density at radius 1 is 1.67 bits per heavy atom. The Labute approximate surface area is 72.2 Å². The lowest BCUT2D eigenvalue weighted by Gasteiger charge is -2.23. The van der Waals surface area contributed by atoms with Gasteiger partial charge in [-0.05, 0) is 25.0 Å². The molecule has 0 saturated carbocycles. The second-order valence-electron chi connectivity index (χ2n) is 3.32. The fourth-order valence-electron chi connectivity index (χ4n) is 1.91. The molecule has 0 amide bonds. The standard InChI is InChI=1S/C10H13NO/c1-2-8-5-6-10(12)9-4-3-7-11(8)9/h3-4,7-8H,2,5-6H2,1H3. The maximum Gasteiger partial charge on any atom is 0.179 e. The molecular weight excluding hydrogens is 150 g/mol. The van der Waals surface area contributed by atoms with E-state index in [1.807, 2.05) is 18.3 Å². The summed E-state index contributed by atoms with van der Waals surface area (Å²) in [6, 6.07) is 4.43. The van der Waals surface area contributed by atoms with Crippen LogP contribution in [0.3, 0.4) is 0 Å². The molecule has 1 aromatic rings. The van der Waals surface area contributed by atoms with Crippen LogP contribution in [0.2, 0.25) is 0 Å². The van der Waals surface area contributed by atoms with Gasteiger partial charge in [0, 0.05) is 18.7 Å². The van der Waals surface area contributed by atoms with Crippen molar-refractivity contribution in [2.24, 2.45) is 0 Å². The van der Waals surface area contributed by atoms with Crippen LogP contribution < -0.4 is 0 Å². The second kappa shape index (κ2) is 2.77. The molecule has 1 aliphatic heterocycles. The minimum absolute atomic E-state index is 0.296. The lowest BCUT2D eigenvalue weighted by atomic mass is 10.0. The molecule has 2 heteroatoms. The van der Waals surface area contributed by atoms with Crippen molar-refractivity contribution in [2.75, 3.05) is 0 Å². The van der Waals surface area contributed by atoms with Crippen LogP contribution in [0.4, 0.5) is 0 Å². The van der Waals surface area contributed by atoms with Gasteiger partial charge in [-0.25, -0.2) is 0 Å². The highest BCUT2D eigenvalue weighted by atomic mass is 16.1. The molecule has 0 saturated heterocycles. The van der Waals surface area contributed by atoms with Crippen LogP contribution in [-0.4, -0.2) is 10.4 Å². The summed E-state index contributed by atoms with van der Waals surface area (Å²) in [6.45, 7) is 2.17. The quantitative estimate of drug-likeness (QED) is 0.623. The van der Waals surface area contributed by atoms with Gasteiger partial charge in [-0.2, -0.15) is 0 Å². The fraction of sp³-hybridized carbons (Fsp3) is 0.500. The first-order valence-electron chi connectivity index (χ1n) is 4.53. The highest BCUT2D eigenvalue weighted by molar-refractivity contribution is 5.95. The Morgan fingerprint density at radius 3 is 3.25 bits per heavy atom. The van der Waals surface area contributed by atoms with Gasteiger partial charge in [-0.15, -0.1) is 0 Å². The van der Waals surface area contributed by atoms with Gasteiger partial charge in [0.15, 0.2) is 5.78 Å². The topological polar surface area (TPSA) is 22.0 Å². The van der Waals surface area contributed by atoms with E-state index in [1.165, 1.54) is 0 Å². The summed E-state index contributed by atoms with van der Waals surface area (Å²) in [5.41, 5.74) is 0.896. The minimum Gasteiger partial charge on any atom is -0.342 e. The predicted molar refractivity (Wildman–Crippen MR) is 47.3 cm³/mol. The third-order valence-corrected chi connectivity index (χ3v) is 2.63. The number of Topliss-reactive ketones (excluding diaryl/α,β-unsaturated/α-hetero) is 1. The van der Waals surface area contributed by atoms with Crippen LogP contribution in [0.25, 0.3) is 0 Å². The molecule has 0 N–H and O–H groups in total. The predicted octanol–water partition coefficient (Wildman–Crippen LogP) is 2.42. The van der Waals surface area contributed by atoms with Gasteiger partial charge in [0.1, 0.15) is 0 Å². The van der Waals surface area contributed by atoms with Gasteiger partial charge >= 0.3 is 0 Å². The third-order valence-electron chi connectivity index (χ3n) is 2.63. The van der Waals surface area contributed by atoms with E-state index >= 15 is 0 Å². The van der Waals surface area contributed by atoms with Crippen molar-refractivity contribution >= 4 is 5.78 Å². The zero-order chi connectivity index (χ0) is 8.55. The summed E-state index contributed by atoms with van der Waals surface area (Å²) < 4.78 is 2.12. The summed E-state index contributed by atoms with van der Waals surface area (Å²) in [5.74, 6) is 0.296. The molecule has 1 aliphatic rings. The zero-order valence-electron chi connectivity index (χ0n) is 7.29. The monoisotopic (exact) mass is 163 g/mol. The largest absolute Gasteiger partial charge is 0.342 e. The van der Waals surface area contributed by atoms with Crippen LogP contribution in [0, 0.1) is 0 Å². The summed E-state index contributed by atoms with van der Waals surface area (Å²) in [6.07, 6.45) is 4.87. The van der Waals surface area contributed by atoms with E-state index in [1.54, 1.807) is 0 Å². The van der Waals surface area contributed by atoms with Gasteiger partial charge < -0.3 is 4.57 Å². The Balaban J connectivity index is 2.42. The molecule has 0 radical (unpaired) electrons. The van der Waals surface area contributed by atoms with Crippen LogP contribution in [0.15, 0.2) is 18.3 Å². The number of carbonyl (C=O) groups is 1. The molecule has 2 rings (SSSR count). The maximum atomic E-state index is 11.4. The molecule has 12 heavy (non-hydrogen) atoms. The molecular formula is C10H13NO. The van der Waals surface area contributed by atoms with E-state index in [0.717, 1.165) is 25.0 Å². The van der Waals surface area contributed by atoms with Crippen molar-refractivity contribution in [1.82, 2.24) is 4.57 Å². The number of hydrogen-bond donors (Lipinski definition) is 0. The van der Waals surface area contributed by atoms with Crippen molar-refractivity contribution in [3.8, 4) is 0 Å². The Morgan fingerprint density at radius 2 is 2.50 bits per heavy atom. The number of fused-ring (bicyclic) bond motifs is 1. The Kier molecular flexibility index (Phi) is 1.75. The summed E-state index contributed by atoms with van der Waals surface area (Å²) in [7, 11) is 0. The smallest absolute Gasteiger partial charge is 0.179 e. The Bertz CT molecular complexity index is 301. The Hall–Kier alpha value is -1.05. The average Bonchev–Trinajstić information content (AvgIpc) is 2.54. The zero-order valence-corrected chi connectivity index (χ0v) is 7.29. The highest BCUT2D eigenvalue weighted by Gasteiger charge is 2.22. The SMILES string of the molecule is CCC1CCC(=O)c2cccn21. The lowest BCUT2D eigenvalue weighted by Crippen LogP contribution is -2.20. The molecule has 1 unspecified atom stereocenters. The van der Waals surface area contributed by atoms with Crippen LogP contribution in [0.1, 0.15) is 42.7 Å². The van der Waals surface area contributed by atoms with Gasteiger partial charge in [0.2, 0.25) is 0 Å². The number of ketones is 1. The summed E-state index contributed by atoms with van der Waals surface area (Å²) >= 11 is 0. The van der Waals surface area contributed by atoms with E-state index < -0.39 is 0 Å². The number of nitrogens with zero attached hydrogens (tertiary/aromatic N) is 1. The first-order valence-corrected chi connectivity index (χ1v) is 4.53. The normalized spacial score (nSPS) is 22.4. The number of aromatic nitrogens is 1. The summed E-state index contributed by atoms with van der Waals surface area (Å²) in [4.78, 5) is 11.4. The molecule has 64 valence electrons. The first kappa shape index (κ1) is 7.59. The van der Waals surface area contributed by atoms with Gasteiger partial charge in [0.25, 0.3) is 0 Å². The van der Waals surface area contributed by atoms with Crippen molar-refractivity contribution in [3.05, 3.63) is 24.0 Å². The third kappa shape index (κ3) is 0.986. The van der Waals surface area contributed by atoms with Crippen LogP contribution >= 0.6 is 0 Å². The van der Waals surface area contributed by atoms with Crippen molar-refractivity contribution < 1.29 is 4.79 Å². The lowest BCUT2D eigenvalue weighted by molar-refractivity contribution is 0.0941. The van der Waals surface area contributed by atoms with E-state index in [4.69, 9.17) is 0 Å². The molecule has 0 fully saturated rings. The van der Waals surface area contributed by atoms with Gasteiger partial charge in [0.05, 0.1) is 5.69 Å². The first-order chi connectivity index (χ1) is 5.83. The molecule has 0 bridgehead atoms. The summed E-state index contributed by atoms with van der Waals surface area (Å²) in [5, 5.41) is 0. The molecule has 1 atom stereocenters.